The molecule has 1 fully saturated rings. The molecule has 1 aliphatic rings. The van der Waals surface area contributed by atoms with Gasteiger partial charge in [-0.25, -0.2) is 0 Å². The first-order valence-electron chi connectivity index (χ1n) is 11.3. The van der Waals surface area contributed by atoms with E-state index in [2.05, 4.69) is 38.9 Å². The minimum Gasteiger partial charge on any atom is -0.336 e. The van der Waals surface area contributed by atoms with Crippen molar-refractivity contribution in [1.29, 1.82) is 0 Å². The van der Waals surface area contributed by atoms with E-state index in [9.17, 15) is 4.79 Å². The molecule has 1 N–H and O–H groups in total. The van der Waals surface area contributed by atoms with Crippen molar-refractivity contribution in [2.45, 2.75) is 11.4 Å². The Balaban J connectivity index is 1.19. The number of halogens is 1. The molecule has 1 aromatic heterocycles. The van der Waals surface area contributed by atoms with E-state index in [0.717, 1.165) is 41.1 Å². The Kier molecular flexibility index (Phi) is 7.00. The van der Waals surface area contributed by atoms with E-state index in [4.69, 9.17) is 11.6 Å². The largest absolute Gasteiger partial charge is 0.336 e. The van der Waals surface area contributed by atoms with Gasteiger partial charge in [0.05, 0.1) is 21.0 Å². The normalized spacial score (nSPS) is 14.3. The lowest BCUT2D eigenvalue weighted by atomic mass is 10.1. The topological polar surface area (TPSA) is 48.5 Å². The van der Waals surface area contributed by atoms with E-state index in [1.807, 2.05) is 59.5 Å². The molecule has 1 aliphatic heterocycles. The molecule has 34 heavy (non-hydrogen) atoms. The predicted molar refractivity (Wildman–Crippen MR) is 140 cm³/mol. The zero-order valence-electron chi connectivity index (χ0n) is 18.7. The van der Waals surface area contributed by atoms with Gasteiger partial charge in [0.1, 0.15) is 0 Å². The Morgan fingerprint density at radius 2 is 1.74 bits per heavy atom. The Labute approximate surface area is 208 Å². The molecule has 7 heteroatoms. The average molecular weight is 489 g/mol. The molecular formula is C27H25ClN4OS. The van der Waals surface area contributed by atoms with Gasteiger partial charge in [-0.1, -0.05) is 60.1 Å². The number of pyridine rings is 1. The van der Waals surface area contributed by atoms with Gasteiger partial charge in [-0.2, -0.15) is 0 Å². The minimum atomic E-state index is -0.0122. The third-order valence-electron chi connectivity index (χ3n) is 5.98. The smallest absolute Gasteiger partial charge is 0.255 e. The van der Waals surface area contributed by atoms with Crippen LogP contribution in [0.3, 0.4) is 0 Å². The number of fused-ring (bicyclic) bond motifs is 1. The molecule has 172 valence electrons. The van der Waals surface area contributed by atoms with Gasteiger partial charge in [0.25, 0.3) is 5.91 Å². The fourth-order valence-electron chi connectivity index (χ4n) is 4.15. The first-order valence-corrected chi connectivity index (χ1v) is 12.5. The van der Waals surface area contributed by atoms with Crippen LogP contribution in [0.15, 0.2) is 90.0 Å². The summed E-state index contributed by atoms with van der Waals surface area (Å²) < 4.78 is 3.33. The summed E-state index contributed by atoms with van der Waals surface area (Å²) >= 11 is 8.02. The van der Waals surface area contributed by atoms with Crippen molar-refractivity contribution in [3.63, 3.8) is 0 Å². The van der Waals surface area contributed by atoms with Crippen molar-refractivity contribution in [2.75, 3.05) is 30.9 Å². The van der Waals surface area contributed by atoms with Crippen LogP contribution in [0.5, 0.6) is 0 Å². The van der Waals surface area contributed by atoms with Gasteiger partial charge in [0.15, 0.2) is 0 Å². The number of nitrogens with one attached hydrogen (secondary N) is 1. The number of nitrogens with zero attached hydrogens (tertiary/aromatic N) is 3. The predicted octanol–water partition coefficient (Wildman–Crippen LogP) is 5.97. The number of aromatic nitrogens is 1. The molecule has 1 saturated heterocycles. The fourth-order valence-corrected chi connectivity index (χ4v) is 5.18. The average Bonchev–Trinajstić information content (AvgIpc) is 2.88. The highest BCUT2D eigenvalue weighted by Gasteiger charge is 2.23. The molecule has 1 amide bonds. The van der Waals surface area contributed by atoms with E-state index in [-0.39, 0.29) is 5.91 Å². The van der Waals surface area contributed by atoms with Crippen molar-refractivity contribution in [3.8, 4) is 0 Å². The van der Waals surface area contributed by atoms with Crippen LogP contribution in [0.2, 0.25) is 5.02 Å². The number of benzene rings is 3. The zero-order valence-corrected chi connectivity index (χ0v) is 20.2. The molecule has 4 aromatic rings. The van der Waals surface area contributed by atoms with Crippen molar-refractivity contribution in [3.05, 3.63) is 101 Å². The van der Waals surface area contributed by atoms with Crippen LogP contribution in [0.1, 0.15) is 15.9 Å². The molecule has 0 unspecified atom stereocenters. The number of carbonyl (C=O) groups is 1. The molecule has 0 spiro atoms. The van der Waals surface area contributed by atoms with Gasteiger partial charge in [-0.15, -0.1) is 0 Å². The molecule has 2 heterocycles. The van der Waals surface area contributed by atoms with E-state index in [0.29, 0.717) is 23.7 Å². The maximum atomic E-state index is 13.1. The van der Waals surface area contributed by atoms with Crippen molar-refractivity contribution < 1.29 is 4.79 Å². The van der Waals surface area contributed by atoms with Crippen LogP contribution in [0.25, 0.3) is 10.9 Å². The van der Waals surface area contributed by atoms with Gasteiger partial charge in [-0.05, 0) is 47.8 Å². The monoisotopic (exact) mass is 488 g/mol. The molecule has 0 atom stereocenters. The first kappa shape index (κ1) is 22.7. The summed E-state index contributed by atoms with van der Waals surface area (Å²) in [4.78, 5) is 22.9. The summed E-state index contributed by atoms with van der Waals surface area (Å²) in [6, 6.07) is 26.0. The van der Waals surface area contributed by atoms with Gasteiger partial charge in [0, 0.05) is 50.0 Å². The van der Waals surface area contributed by atoms with E-state index in [1.165, 1.54) is 17.5 Å². The number of amides is 1. The van der Waals surface area contributed by atoms with E-state index in [1.54, 1.807) is 6.20 Å². The van der Waals surface area contributed by atoms with E-state index >= 15 is 0 Å². The molecule has 0 bridgehead atoms. The molecule has 5 nitrogen and oxygen atoms in total. The maximum absolute atomic E-state index is 13.1. The number of hydrogen-bond acceptors (Lipinski definition) is 5. The third-order valence-corrected chi connectivity index (χ3v) is 7.18. The fraction of sp³-hybridized carbons (Fsp3) is 0.185. The summed E-state index contributed by atoms with van der Waals surface area (Å²) in [7, 11) is 0. The summed E-state index contributed by atoms with van der Waals surface area (Å²) in [5.74, 6) is -0.0122. The second kappa shape index (κ2) is 10.5. The molecule has 0 aliphatic carbocycles. The van der Waals surface area contributed by atoms with Crippen LogP contribution < -0.4 is 4.72 Å². The number of piperazine rings is 1. The van der Waals surface area contributed by atoms with Crippen LogP contribution in [-0.4, -0.2) is 46.9 Å². The quantitative estimate of drug-likeness (QED) is 0.339. The van der Waals surface area contributed by atoms with Crippen molar-refractivity contribution in [1.82, 2.24) is 14.8 Å². The van der Waals surface area contributed by atoms with Crippen LogP contribution in [-0.2, 0) is 6.54 Å². The highest BCUT2D eigenvalue weighted by atomic mass is 35.5. The zero-order chi connectivity index (χ0) is 23.3. The molecular weight excluding hydrogens is 464 g/mol. The lowest BCUT2D eigenvalue weighted by Gasteiger charge is -2.35. The number of carbonyl (C=O) groups excluding carboxylic acids is 1. The number of anilines is 1. The van der Waals surface area contributed by atoms with Crippen molar-refractivity contribution in [2.24, 2.45) is 0 Å². The number of para-hydroxylation sites is 1. The lowest BCUT2D eigenvalue weighted by Crippen LogP contribution is -2.48. The standard InChI is InChI=1S/C27H25ClN4OS/c28-24-18-22(30-34-25-10-4-8-21-9-5-13-29-26(21)25)11-12-23(24)27(33)32-16-14-31(15-17-32)19-20-6-2-1-3-7-20/h1-13,18,30H,14-17,19H2. The van der Waals surface area contributed by atoms with E-state index < -0.39 is 0 Å². The second-order valence-corrected chi connectivity index (χ2v) is 9.54. The molecule has 3 aromatic carbocycles. The molecule has 5 rings (SSSR count). The van der Waals surface area contributed by atoms with Gasteiger partial charge >= 0.3 is 0 Å². The van der Waals surface area contributed by atoms with Gasteiger partial charge in [0.2, 0.25) is 0 Å². The first-order chi connectivity index (χ1) is 16.7. The molecule has 0 saturated carbocycles. The minimum absolute atomic E-state index is 0.0122. The maximum Gasteiger partial charge on any atom is 0.255 e. The number of rotatable bonds is 6. The SMILES string of the molecule is O=C(c1ccc(NSc2cccc3cccnc23)cc1Cl)N1CCN(Cc2ccccc2)CC1. The van der Waals surface area contributed by atoms with Gasteiger partial charge in [-0.3, -0.25) is 14.7 Å². The lowest BCUT2D eigenvalue weighted by molar-refractivity contribution is 0.0628. The Morgan fingerprint density at radius 1 is 0.941 bits per heavy atom. The second-order valence-electron chi connectivity index (χ2n) is 8.28. The van der Waals surface area contributed by atoms with Crippen LogP contribution in [0.4, 0.5) is 5.69 Å². The summed E-state index contributed by atoms with van der Waals surface area (Å²) in [6.07, 6.45) is 1.80. The third kappa shape index (κ3) is 5.20. The summed E-state index contributed by atoms with van der Waals surface area (Å²) in [5, 5.41) is 1.55. The van der Waals surface area contributed by atoms with Crippen LogP contribution in [0, 0.1) is 0 Å². The Morgan fingerprint density at radius 3 is 2.53 bits per heavy atom. The summed E-state index contributed by atoms with van der Waals surface area (Å²) in [6.45, 7) is 4.02. The highest BCUT2D eigenvalue weighted by Crippen LogP contribution is 2.30. The Hall–Kier alpha value is -3.06. The van der Waals surface area contributed by atoms with Gasteiger partial charge < -0.3 is 9.62 Å². The highest BCUT2D eigenvalue weighted by molar-refractivity contribution is 8.00. The number of hydrogen-bond donors (Lipinski definition) is 1. The van der Waals surface area contributed by atoms with Crippen LogP contribution >= 0.6 is 23.5 Å². The summed E-state index contributed by atoms with van der Waals surface area (Å²) in [5.41, 5.74) is 3.63. The molecule has 0 radical (unpaired) electrons. The van der Waals surface area contributed by atoms with Crippen molar-refractivity contribution >= 4 is 46.0 Å². The Bertz CT molecular complexity index is 1290.